The fourth-order valence-corrected chi connectivity index (χ4v) is 3.89. The number of nitrogens with zero attached hydrogens (tertiary/aromatic N) is 1. The Kier molecular flexibility index (Phi) is 4.94. The molecule has 0 aliphatic carbocycles. The van der Waals surface area contributed by atoms with Crippen molar-refractivity contribution in [2.24, 2.45) is 0 Å². The standard InChI is InChI=1S/C22H15Cl2NO4/c1-28-21(26)14-4-3-5-15(22(27)29-2)20(14)25-18-8-6-12(23)10-16(18)17-11-13(24)7-9-19(17)25/h3-11H,1-2H3. The van der Waals surface area contributed by atoms with E-state index in [-0.39, 0.29) is 11.1 Å². The van der Waals surface area contributed by atoms with E-state index < -0.39 is 11.9 Å². The molecule has 0 N–H and O–H groups in total. The van der Waals surface area contributed by atoms with Crippen LogP contribution in [0.5, 0.6) is 0 Å². The fraction of sp³-hybridized carbons (Fsp3) is 0.0909. The highest BCUT2D eigenvalue weighted by Gasteiger charge is 2.25. The molecule has 0 spiro atoms. The van der Waals surface area contributed by atoms with Crippen LogP contribution in [0.2, 0.25) is 10.0 Å². The van der Waals surface area contributed by atoms with Gasteiger partial charge in [-0.2, -0.15) is 0 Å². The van der Waals surface area contributed by atoms with E-state index in [1.54, 1.807) is 30.3 Å². The van der Waals surface area contributed by atoms with Gasteiger partial charge in [0.05, 0.1) is 42.1 Å². The molecule has 3 aromatic carbocycles. The Morgan fingerprint density at radius 1 is 0.759 bits per heavy atom. The molecule has 0 atom stereocenters. The zero-order chi connectivity index (χ0) is 20.7. The van der Waals surface area contributed by atoms with E-state index in [9.17, 15) is 9.59 Å². The second-order valence-corrected chi connectivity index (χ2v) is 7.22. The van der Waals surface area contributed by atoms with Crippen LogP contribution in [0.1, 0.15) is 20.7 Å². The number of rotatable bonds is 3. The summed E-state index contributed by atoms with van der Waals surface area (Å²) in [6.07, 6.45) is 0. The SMILES string of the molecule is COC(=O)c1cccc(C(=O)OC)c1-n1c2ccc(Cl)cc2c2cc(Cl)ccc21. The van der Waals surface area contributed by atoms with Gasteiger partial charge in [-0.1, -0.05) is 29.3 Å². The van der Waals surface area contributed by atoms with Gasteiger partial charge in [0.1, 0.15) is 0 Å². The smallest absolute Gasteiger partial charge is 0.340 e. The van der Waals surface area contributed by atoms with Gasteiger partial charge < -0.3 is 14.0 Å². The molecule has 1 heterocycles. The van der Waals surface area contributed by atoms with Crippen LogP contribution in [0.3, 0.4) is 0 Å². The van der Waals surface area contributed by atoms with Crippen molar-refractivity contribution in [3.63, 3.8) is 0 Å². The second kappa shape index (κ2) is 7.43. The quantitative estimate of drug-likeness (QED) is 0.395. The van der Waals surface area contributed by atoms with E-state index in [2.05, 4.69) is 0 Å². The predicted molar refractivity (Wildman–Crippen MR) is 113 cm³/mol. The molecule has 0 saturated heterocycles. The van der Waals surface area contributed by atoms with Gasteiger partial charge >= 0.3 is 11.9 Å². The molecule has 1 aromatic heterocycles. The Bertz CT molecular complexity index is 1200. The zero-order valence-electron chi connectivity index (χ0n) is 15.5. The van der Waals surface area contributed by atoms with Gasteiger partial charge in [0, 0.05) is 20.8 Å². The third-order valence-corrected chi connectivity index (χ3v) is 5.23. The van der Waals surface area contributed by atoms with Crippen molar-refractivity contribution in [3.8, 4) is 5.69 Å². The number of benzene rings is 3. The molecule has 0 saturated carbocycles. The number of aromatic nitrogens is 1. The number of fused-ring (bicyclic) bond motifs is 3. The van der Waals surface area contributed by atoms with Crippen molar-refractivity contribution in [3.05, 3.63) is 75.8 Å². The molecular weight excluding hydrogens is 413 g/mol. The van der Waals surface area contributed by atoms with E-state index in [1.165, 1.54) is 14.2 Å². The lowest BCUT2D eigenvalue weighted by Gasteiger charge is -2.16. The Labute approximate surface area is 176 Å². The van der Waals surface area contributed by atoms with E-state index in [1.807, 2.05) is 28.8 Å². The Morgan fingerprint density at radius 3 is 1.62 bits per heavy atom. The maximum Gasteiger partial charge on any atom is 0.340 e. The van der Waals surface area contributed by atoms with Gasteiger partial charge in [0.2, 0.25) is 0 Å². The lowest BCUT2D eigenvalue weighted by atomic mass is 10.1. The van der Waals surface area contributed by atoms with Crippen molar-refractivity contribution >= 4 is 56.9 Å². The largest absolute Gasteiger partial charge is 0.465 e. The van der Waals surface area contributed by atoms with Crippen LogP contribution in [0.4, 0.5) is 0 Å². The number of para-hydroxylation sites is 1. The number of ether oxygens (including phenoxy) is 2. The summed E-state index contributed by atoms with van der Waals surface area (Å²) in [4.78, 5) is 25.1. The van der Waals surface area contributed by atoms with Crippen LogP contribution in [0, 0.1) is 0 Å². The third kappa shape index (κ3) is 3.12. The molecule has 0 amide bonds. The maximum absolute atomic E-state index is 12.5. The number of hydrogen-bond donors (Lipinski definition) is 0. The molecule has 0 radical (unpaired) electrons. The van der Waals surface area contributed by atoms with Gasteiger partial charge in [0.15, 0.2) is 0 Å². The highest BCUT2D eigenvalue weighted by molar-refractivity contribution is 6.33. The highest BCUT2D eigenvalue weighted by atomic mass is 35.5. The van der Waals surface area contributed by atoms with Crippen LogP contribution >= 0.6 is 23.2 Å². The summed E-state index contributed by atoms with van der Waals surface area (Å²) in [7, 11) is 2.59. The van der Waals surface area contributed by atoms with Crippen LogP contribution in [0.15, 0.2) is 54.6 Å². The minimum atomic E-state index is -0.566. The normalized spacial score (nSPS) is 11.0. The van der Waals surface area contributed by atoms with Gasteiger partial charge in [-0.3, -0.25) is 0 Å². The molecule has 0 aliphatic heterocycles. The molecule has 7 heteroatoms. The molecule has 0 aliphatic rings. The summed E-state index contributed by atoms with van der Waals surface area (Å²) in [5.41, 5.74) is 2.36. The first-order valence-corrected chi connectivity index (χ1v) is 9.41. The summed E-state index contributed by atoms with van der Waals surface area (Å²) in [6.45, 7) is 0. The van der Waals surface area contributed by atoms with Crippen molar-refractivity contribution in [2.45, 2.75) is 0 Å². The predicted octanol–water partition coefficient (Wildman–Crippen LogP) is 5.66. The molecule has 4 aromatic rings. The number of halogens is 2. The average Bonchev–Trinajstić information content (AvgIpc) is 3.04. The van der Waals surface area contributed by atoms with Crippen LogP contribution in [-0.2, 0) is 9.47 Å². The van der Waals surface area contributed by atoms with Crippen molar-refractivity contribution in [1.29, 1.82) is 0 Å². The van der Waals surface area contributed by atoms with Crippen LogP contribution in [-0.4, -0.2) is 30.7 Å². The van der Waals surface area contributed by atoms with E-state index in [0.717, 1.165) is 21.8 Å². The number of methoxy groups -OCH3 is 2. The summed E-state index contributed by atoms with van der Waals surface area (Å²) in [5.74, 6) is -1.13. The molecule has 5 nitrogen and oxygen atoms in total. The van der Waals surface area contributed by atoms with Gasteiger partial charge in [-0.15, -0.1) is 0 Å². The zero-order valence-corrected chi connectivity index (χ0v) is 17.0. The Morgan fingerprint density at radius 2 is 1.21 bits per heavy atom. The van der Waals surface area contributed by atoms with Crippen molar-refractivity contribution < 1.29 is 19.1 Å². The molecular formula is C22H15Cl2NO4. The first-order valence-electron chi connectivity index (χ1n) is 8.65. The lowest BCUT2D eigenvalue weighted by molar-refractivity contribution is 0.0599. The molecule has 0 unspecified atom stereocenters. The first-order chi connectivity index (χ1) is 14.0. The number of esters is 2. The summed E-state index contributed by atoms with van der Waals surface area (Å²) < 4.78 is 11.7. The summed E-state index contributed by atoms with van der Waals surface area (Å²) in [6, 6.07) is 15.6. The average molecular weight is 428 g/mol. The van der Waals surface area contributed by atoms with E-state index in [0.29, 0.717) is 15.7 Å². The van der Waals surface area contributed by atoms with Gasteiger partial charge in [0.25, 0.3) is 0 Å². The Balaban J connectivity index is 2.23. The number of carbonyl (C=O) groups excluding carboxylic acids is 2. The highest BCUT2D eigenvalue weighted by Crippen LogP contribution is 2.37. The van der Waals surface area contributed by atoms with Crippen LogP contribution in [0.25, 0.3) is 27.5 Å². The van der Waals surface area contributed by atoms with Crippen molar-refractivity contribution in [2.75, 3.05) is 14.2 Å². The first kappa shape index (κ1) is 19.3. The second-order valence-electron chi connectivity index (χ2n) is 6.34. The fourth-order valence-electron chi connectivity index (χ4n) is 3.54. The molecule has 146 valence electrons. The van der Waals surface area contributed by atoms with E-state index >= 15 is 0 Å². The minimum absolute atomic E-state index is 0.235. The Hall–Kier alpha value is -3.02. The van der Waals surface area contributed by atoms with E-state index in [4.69, 9.17) is 32.7 Å². The number of hydrogen-bond acceptors (Lipinski definition) is 4. The topological polar surface area (TPSA) is 57.5 Å². The monoisotopic (exact) mass is 427 g/mol. The van der Waals surface area contributed by atoms with Gasteiger partial charge in [-0.25, -0.2) is 9.59 Å². The molecule has 29 heavy (non-hydrogen) atoms. The summed E-state index contributed by atoms with van der Waals surface area (Å²) in [5, 5.41) is 2.80. The minimum Gasteiger partial charge on any atom is -0.465 e. The lowest BCUT2D eigenvalue weighted by Crippen LogP contribution is -2.14. The van der Waals surface area contributed by atoms with Gasteiger partial charge in [-0.05, 0) is 48.5 Å². The molecule has 4 rings (SSSR count). The van der Waals surface area contributed by atoms with Crippen molar-refractivity contribution in [1.82, 2.24) is 4.57 Å². The number of carbonyl (C=O) groups is 2. The molecule has 0 bridgehead atoms. The van der Waals surface area contributed by atoms with Crippen LogP contribution < -0.4 is 0 Å². The maximum atomic E-state index is 12.5. The molecule has 0 fully saturated rings. The third-order valence-electron chi connectivity index (χ3n) is 4.76. The summed E-state index contributed by atoms with van der Waals surface area (Å²) >= 11 is 12.5.